The van der Waals surface area contributed by atoms with E-state index in [0.29, 0.717) is 0 Å². The van der Waals surface area contributed by atoms with Crippen molar-refractivity contribution < 1.29 is 5.11 Å². The number of benzene rings is 2. The number of aliphatic hydroxyl groups excluding tert-OH is 1. The predicted octanol–water partition coefficient (Wildman–Crippen LogP) is 4.78. The van der Waals surface area contributed by atoms with Crippen LogP contribution in [-0.2, 0) is 11.6 Å². The molecule has 2 aromatic rings. The predicted molar refractivity (Wildman–Crippen MR) is 94.6 cm³/mol. The molecule has 1 atom stereocenters. The molecule has 0 saturated carbocycles. The van der Waals surface area contributed by atoms with Crippen LogP contribution in [0.4, 0.5) is 0 Å². The first-order valence-electron chi connectivity index (χ1n) is 7.60. The van der Waals surface area contributed by atoms with Crippen LogP contribution >= 0.6 is 9.24 Å². The lowest BCUT2D eigenvalue weighted by Crippen LogP contribution is -2.05. The minimum absolute atomic E-state index is 0.120. The van der Waals surface area contributed by atoms with Crippen LogP contribution in [0.2, 0.25) is 0 Å². The topological polar surface area (TPSA) is 20.2 Å². The summed E-state index contributed by atoms with van der Waals surface area (Å²) in [5, 5.41) is 8.94. The zero-order chi connectivity index (χ0) is 15.3. The van der Waals surface area contributed by atoms with Gasteiger partial charge in [0.1, 0.15) is 0 Å². The van der Waals surface area contributed by atoms with Crippen LogP contribution in [-0.4, -0.2) is 11.7 Å². The Morgan fingerprint density at radius 2 is 1.38 bits per heavy atom. The van der Waals surface area contributed by atoms with Crippen LogP contribution in [0.15, 0.2) is 48.5 Å². The molecule has 0 fully saturated rings. The third-order valence-electron chi connectivity index (χ3n) is 3.79. The molecule has 2 aromatic carbocycles. The van der Waals surface area contributed by atoms with Gasteiger partial charge in [0.2, 0.25) is 0 Å². The Morgan fingerprint density at radius 1 is 0.857 bits per heavy atom. The molecule has 1 N–H and O–H groups in total. The van der Waals surface area contributed by atoms with Crippen LogP contribution in [0.25, 0.3) is 11.1 Å². The third kappa shape index (κ3) is 4.66. The van der Waals surface area contributed by atoms with Crippen molar-refractivity contribution in [3.8, 4) is 11.1 Å². The van der Waals surface area contributed by atoms with E-state index in [4.69, 9.17) is 5.11 Å². The summed E-state index contributed by atoms with van der Waals surface area (Å²) in [7, 11) is 2.88. The largest absolute Gasteiger partial charge is 0.396 e. The van der Waals surface area contributed by atoms with Crippen LogP contribution in [0.1, 0.15) is 37.8 Å². The number of rotatable bonds is 6. The fourth-order valence-corrected chi connectivity index (χ4v) is 2.59. The van der Waals surface area contributed by atoms with Crippen molar-refractivity contribution in [3.63, 3.8) is 0 Å². The van der Waals surface area contributed by atoms with E-state index in [-0.39, 0.29) is 11.8 Å². The van der Waals surface area contributed by atoms with Crippen molar-refractivity contribution >= 4 is 9.24 Å². The van der Waals surface area contributed by atoms with Crippen molar-refractivity contribution in [2.24, 2.45) is 0 Å². The molecule has 0 aliphatic carbocycles. The van der Waals surface area contributed by atoms with Gasteiger partial charge < -0.3 is 5.11 Å². The summed E-state index contributed by atoms with van der Waals surface area (Å²) in [4.78, 5) is 0. The summed E-state index contributed by atoms with van der Waals surface area (Å²) >= 11 is 0. The summed E-state index contributed by atoms with van der Waals surface area (Å²) in [6.07, 6.45) is 2.98. The second-order valence-electron chi connectivity index (χ2n) is 6.18. The number of hydrogen-bond acceptors (Lipinski definition) is 1. The highest BCUT2D eigenvalue weighted by Gasteiger charge is 2.13. The van der Waals surface area contributed by atoms with Crippen LogP contribution in [0, 0.1) is 0 Å². The first-order valence-corrected chi connectivity index (χ1v) is 8.18. The lowest BCUT2D eigenvalue weighted by Gasteiger charge is -2.19. The zero-order valence-corrected chi connectivity index (χ0v) is 14.1. The minimum Gasteiger partial charge on any atom is -0.396 e. The summed E-state index contributed by atoms with van der Waals surface area (Å²) < 4.78 is 0. The quantitative estimate of drug-likeness (QED) is 0.601. The molecule has 1 nitrogen and oxygen atoms in total. The number of unbranched alkanes of at least 4 members (excludes halogenated alkanes) is 1. The third-order valence-corrected chi connectivity index (χ3v) is 4.12. The van der Waals surface area contributed by atoms with Crippen LogP contribution < -0.4 is 0 Å². The Balaban J connectivity index is 2.08. The second-order valence-corrected chi connectivity index (χ2v) is 7.62. The number of hydrogen-bond donors (Lipinski definition) is 1. The van der Waals surface area contributed by atoms with E-state index in [2.05, 4.69) is 71.6 Å². The molecule has 0 radical (unpaired) electrons. The van der Waals surface area contributed by atoms with E-state index in [1.54, 1.807) is 0 Å². The van der Waals surface area contributed by atoms with Gasteiger partial charge in [-0.2, -0.15) is 0 Å². The van der Waals surface area contributed by atoms with Gasteiger partial charge in [-0.1, -0.05) is 62.4 Å². The van der Waals surface area contributed by atoms with Gasteiger partial charge in [-0.05, 0) is 41.5 Å². The average Bonchev–Trinajstić information content (AvgIpc) is 2.48. The maximum absolute atomic E-state index is 8.82. The molecule has 21 heavy (non-hydrogen) atoms. The van der Waals surface area contributed by atoms with Gasteiger partial charge in [0.25, 0.3) is 0 Å². The average molecular weight is 300 g/mol. The van der Waals surface area contributed by atoms with Crippen LogP contribution in [0.3, 0.4) is 0 Å². The number of aryl methyl sites for hydroxylation is 1. The van der Waals surface area contributed by atoms with Gasteiger partial charge in [0, 0.05) is 11.8 Å². The molecule has 0 bridgehead atoms. The standard InChI is InChI=1S/C19H25OP/c1-19(2,21)18-12-10-17(11-13-18)16-8-6-15(7-9-16)5-3-4-14-20/h6-13,20H,3-5,14,21H2,1-2H3. The molecular formula is C19H25OP. The van der Waals surface area contributed by atoms with Crippen LogP contribution in [0.5, 0.6) is 0 Å². The fraction of sp³-hybridized carbons (Fsp3) is 0.368. The minimum atomic E-state index is 0.120. The molecule has 0 aromatic heterocycles. The summed E-state index contributed by atoms with van der Waals surface area (Å²) in [6.45, 7) is 4.69. The van der Waals surface area contributed by atoms with Crippen molar-refractivity contribution in [3.05, 3.63) is 59.7 Å². The monoisotopic (exact) mass is 300 g/mol. The molecule has 0 heterocycles. The second kappa shape index (κ2) is 7.20. The van der Waals surface area contributed by atoms with Crippen molar-refractivity contribution in [1.82, 2.24) is 0 Å². The van der Waals surface area contributed by atoms with Gasteiger partial charge in [-0.3, -0.25) is 0 Å². The highest BCUT2D eigenvalue weighted by atomic mass is 31.0. The van der Waals surface area contributed by atoms with E-state index in [9.17, 15) is 0 Å². The van der Waals surface area contributed by atoms with Gasteiger partial charge in [-0.25, -0.2) is 0 Å². The maximum Gasteiger partial charge on any atom is 0.0431 e. The Hall–Kier alpha value is -1.17. The zero-order valence-electron chi connectivity index (χ0n) is 13.0. The Labute approximate surface area is 130 Å². The van der Waals surface area contributed by atoms with E-state index in [1.165, 1.54) is 22.3 Å². The van der Waals surface area contributed by atoms with E-state index in [0.717, 1.165) is 19.3 Å². The van der Waals surface area contributed by atoms with E-state index >= 15 is 0 Å². The van der Waals surface area contributed by atoms with E-state index < -0.39 is 0 Å². The lowest BCUT2D eigenvalue weighted by atomic mass is 9.97. The summed E-state index contributed by atoms with van der Waals surface area (Å²) in [5.41, 5.74) is 5.19. The van der Waals surface area contributed by atoms with Crippen molar-refractivity contribution in [1.29, 1.82) is 0 Å². The van der Waals surface area contributed by atoms with Gasteiger partial charge in [-0.15, -0.1) is 9.24 Å². The molecule has 0 saturated heterocycles. The Bertz CT molecular complexity index is 550. The Morgan fingerprint density at radius 3 is 1.86 bits per heavy atom. The van der Waals surface area contributed by atoms with Gasteiger partial charge in [0.05, 0.1) is 0 Å². The van der Waals surface area contributed by atoms with Gasteiger partial charge >= 0.3 is 0 Å². The highest BCUT2D eigenvalue weighted by Crippen LogP contribution is 2.31. The SMILES string of the molecule is CC(C)(P)c1ccc(-c2ccc(CCCCO)cc2)cc1. The molecule has 0 aliphatic heterocycles. The molecule has 0 aliphatic rings. The molecule has 112 valence electrons. The van der Waals surface area contributed by atoms with Crippen molar-refractivity contribution in [2.45, 2.75) is 38.3 Å². The molecular weight excluding hydrogens is 275 g/mol. The summed E-state index contributed by atoms with van der Waals surface area (Å²) in [6, 6.07) is 17.6. The highest BCUT2D eigenvalue weighted by molar-refractivity contribution is 7.18. The molecule has 2 heteroatoms. The molecule has 1 unspecified atom stereocenters. The molecule has 2 rings (SSSR count). The van der Waals surface area contributed by atoms with Gasteiger partial charge in [0.15, 0.2) is 0 Å². The fourth-order valence-electron chi connectivity index (χ4n) is 2.40. The molecule has 0 amide bonds. The summed E-state index contributed by atoms with van der Waals surface area (Å²) in [5.74, 6) is 0. The normalized spacial score (nSPS) is 11.6. The first kappa shape index (κ1) is 16.2. The molecule has 0 spiro atoms. The number of aliphatic hydroxyl groups is 1. The first-order chi connectivity index (χ1) is 10.0. The van der Waals surface area contributed by atoms with E-state index in [1.807, 2.05) is 0 Å². The Kier molecular flexibility index (Phi) is 5.56. The van der Waals surface area contributed by atoms with Crippen molar-refractivity contribution in [2.75, 3.05) is 6.61 Å². The maximum atomic E-state index is 8.82. The smallest absolute Gasteiger partial charge is 0.0431 e. The lowest BCUT2D eigenvalue weighted by molar-refractivity contribution is 0.284.